The number of halogens is 5. The van der Waals surface area contributed by atoms with E-state index >= 15 is 0 Å². The van der Waals surface area contributed by atoms with E-state index in [-0.39, 0.29) is 11.4 Å². The molecule has 0 saturated heterocycles. The second kappa shape index (κ2) is 8.07. The third-order valence-corrected chi connectivity index (χ3v) is 5.36. The number of hydrogen-bond donors (Lipinski definition) is 1. The molecule has 0 aromatic heterocycles. The minimum Gasteiger partial charge on any atom is -0.324 e. The first-order valence-electron chi connectivity index (χ1n) is 7.28. The molecule has 0 bridgehead atoms. The summed E-state index contributed by atoms with van der Waals surface area (Å²) in [6.07, 6.45) is -3.76. The summed E-state index contributed by atoms with van der Waals surface area (Å²) in [6.45, 7) is -0.607. The van der Waals surface area contributed by atoms with Gasteiger partial charge in [0.25, 0.3) is 0 Å². The van der Waals surface area contributed by atoms with Gasteiger partial charge in [0.2, 0.25) is 15.9 Å². The van der Waals surface area contributed by atoms with Gasteiger partial charge in [0.05, 0.1) is 22.5 Å². The van der Waals surface area contributed by atoms with Crippen LogP contribution in [0.1, 0.15) is 5.56 Å². The minimum atomic E-state index is -4.69. The molecule has 0 aliphatic heterocycles. The fraction of sp³-hybridized carbons (Fsp3) is 0.188. The highest BCUT2D eigenvalue weighted by atomic mass is 79.9. The van der Waals surface area contributed by atoms with E-state index in [2.05, 4.69) is 21.2 Å². The molecule has 0 fully saturated rings. The number of benzene rings is 2. The predicted molar refractivity (Wildman–Crippen MR) is 101 cm³/mol. The van der Waals surface area contributed by atoms with Crippen molar-refractivity contribution in [3.63, 3.8) is 0 Å². The van der Waals surface area contributed by atoms with Gasteiger partial charge in [-0.05, 0) is 42.5 Å². The van der Waals surface area contributed by atoms with E-state index in [4.69, 9.17) is 11.6 Å². The fourth-order valence-electron chi connectivity index (χ4n) is 2.16. The van der Waals surface area contributed by atoms with Crippen molar-refractivity contribution >= 4 is 54.8 Å². The maximum atomic E-state index is 12.9. The molecule has 0 aliphatic carbocycles. The number of anilines is 2. The van der Waals surface area contributed by atoms with Crippen molar-refractivity contribution in [2.45, 2.75) is 6.18 Å². The summed E-state index contributed by atoms with van der Waals surface area (Å²) < 4.78 is 64.3. The molecule has 146 valence electrons. The van der Waals surface area contributed by atoms with E-state index in [9.17, 15) is 26.4 Å². The van der Waals surface area contributed by atoms with Gasteiger partial charge in [0, 0.05) is 10.2 Å². The first-order chi connectivity index (χ1) is 12.4. The van der Waals surface area contributed by atoms with Crippen molar-refractivity contribution in [2.24, 2.45) is 0 Å². The van der Waals surface area contributed by atoms with E-state index in [0.29, 0.717) is 10.5 Å². The lowest BCUT2D eigenvalue weighted by Gasteiger charge is -2.22. The Morgan fingerprint density at radius 3 is 2.30 bits per heavy atom. The van der Waals surface area contributed by atoms with Crippen LogP contribution in [0.3, 0.4) is 0 Å². The normalized spacial score (nSPS) is 11.9. The van der Waals surface area contributed by atoms with Crippen molar-refractivity contribution in [1.82, 2.24) is 0 Å². The molecular formula is C16H13BrClF3N2O3S. The number of nitrogens with zero attached hydrogens (tertiary/aromatic N) is 1. The molecule has 0 aliphatic rings. The van der Waals surface area contributed by atoms with Crippen molar-refractivity contribution in [3.8, 4) is 0 Å². The molecule has 11 heteroatoms. The number of rotatable bonds is 5. The third-order valence-electron chi connectivity index (χ3n) is 3.36. The van der Waals surface area contributed by atoms with Gasteiger partial charge in [-0.1, -0.05) is 27.5 Å². The van der Waals surface area contributed by atoms with E-state index in [1.54, 1.807) is 12.1 Å². The lowest BCUT2D eigenvalue weighted by molar-refractivity contribution is -0.137. The van der Waals surface area contributed by atoms with E-state index in [1.165, 1.54) is 18.2 Å². The van der Waals surface area contributed by atoms with Gasteiger partial charge in [0.15, 0.2) is 0 Å². The third kappa shape index (κ3) is 5.85. The average molecular weight is 486 g/mol. The van der Waals surface area contributed by atoms with Crippen LogP contribution in [0.5, 0.6) is 0 Å². The second-order valence-electron chi connectivity index (χ2n) is 5.49. The summed E-state index contributed by atoms with van der Waals surface area (Å²) in [6, 6.07) is 9.05. The summed E-state index contributed by atoms with van der Waals surface area (Å²) in [4.78, 5) is 12.2. The fourth-order valence-corrected chi connectivity index (χ4v) is 3.50. The van der Waals surface area contributed by atoms with Gasteiger partial charge in [0.1, 0.15) is 6.54 Å². The Morgan fingerprint density at radius 2 is 1.78 bits per heavy atom. The molecule has 1 N–H and O–H groups in total. The molecule has 0 saturated carbocycles. The van der Waals surface area contributed by atoms with Gasteiger partial charge in [-0.2, -0.15) is 13.2 Å². The van der Waals surface area contributed by atoms with Gasteiger partial charge in [-0.25, -0.2) is 8.42 Å². The van der Waals surface area contributed by atoms with Crippen LogP contribution in [0.2, 0.25) is 5.02 Å². The number of hydrogen-bond acceptors (Lipinski definition) is 3. The molecule has 27 heavy (non-hydrogen) atoms. The Balaban J connectivity index is 2.23. The molecule has 2 aromatic carbocycles. The zero-order chi connectivity index (χ0) is 20.4. The Labute approximate surface area is 167 Å². The lowest BCUT2D eigenvalue weighted by atomic mass is 10.2. The van der Waals surface area contributed by atoms with E-state index < -0.39 is 39.2 Å². The van der Waals surface area contributed by atoms with Crippen molar-refractivity contribution in [2.75, 3.05) is 22.4 Å². The highest BCUT2D eigenvalue weighted by molar-refractivity contribution is 9.10. The Morgan fingerprint density at radius 1 is 1.19 bits per heavy atom. The van der Waals surface area contributed by atoms with Crippen LogP contribution >= 0.6 is 27.5 Å². The molecule has 5 nitrogen and oxygen atoms in total. The number of nitrogens with one attached hydrogen (secondary N) is 1. The van der Waals surface area contributed by atoms with Crippen molar-refractivity contribution in [1.29, 1.82) is 0 Å². The molecule has 0 heterocycles. The Bertz CT molecular complexity index is 950. The zero-order valence-electron chi connectivity index (χ0n) is 13.7. The van der Waals surface area contributed by atoms with Crippen LogP contribution < -0.4 is 9.62 Å². The van der Waals surface area contributed by atoms with Gasteiger partial charge in [-0.3, -0.25) is 9.10 Å². The standard InChI is InChI=1S/C16H13BrClF3N2O3S/c1-27(25,26)23(12-5-2-10(17)3-6-12)9-15(24)22-11-4-7-14(18)13(8-11)16(19,20)21/h2-8H,9H2,1H3,(H,22,24). The van der Waals surface area contributed by atoms with E-state index in [0.717, 1.165) is 16.6 Å². The van der Waals surface area contributed by atoms with E-state index in [1.807, 2.05) is 0 Å². The number of sulfonamides is 1. The quantitative estimate of drug-likeness (QED) is 0.677. The Kier molecular flexibility index (Phi) is 6.43. The number of carbonyl (C=O) groups is 1. The number of alkyl halides is 3. The van der Waals surface area contributed by atoms with Crippen LogP contribution in [-0.4, -0.2) is 27.1 Å². The summed E-state index contributed by atoms with van der Waals surface area (Å²) in [5.41, 5.74) is -1.02. The number of amides is 1. The average Bonchev–Trinajstić information content (AvgIpc) is 2.53. The van der Waals surface area contributed by atoms with Gasteiger partial charge < -0.3 is 5.32 Å². The van der Waals surface area contributed by atoms with Crippen molar-refractivity contribution in [3.05, 3.63) is 57.5 Å². The monoisotopic (exact) mass is 484 g/mol. The van der Waals surface area contributed by atoms with Crippen LogP contribution in [0, 0.1) is 0 Å². The molecule has 2 rings (SSSR count). The summed E-state index contributed by atoms with van der Waals surface area (Å²) in [5, 5.41) is 1.75. The predicted octanol–water partition coefficient (Wildman–Crippen LogP) is 4.53. The Hall–Kier alpha value is -1.78. The summed E-state index contributed by atoms with van der Waals surface area (Å²) in [7, 11) is -3.80. The number of carbonyl (C=O) groups excluding carboxylic acids is 1. The molecule has 0 unspecified atom stereocenters. The summed E-state index contributed by atoms with van der Waals surface area (Å²) >= 11 is 8.75. The van der Waals surface area contributed by atoms with Crippen LogP contribution in [-0.2, 0) is 21.0 Å². The molecular weight excluding hydrogens is 473 g/mol. The molecule has 1 amide bonds. The van der Waals surface area contributed by atoms with Crippen molar-refractivity contribution < 1.29 is 26.4 Å². The highest BCUT2D eigenvalue weighted by Crippen LogP contribution is 2.36. The zero-order valence-corrected chi connectivity index (χ0v) is 16.9. The topological polar surface area (TPSA) is 66.5 Å². The SMILES string of the molecule is CS(=O)(=O)N(CC(=O)Nc1ccc(Cl)c(C(F)(F)F)c1)c1ccc(Br)cc1. The van der Waals surface area contributed by atoms with Gasteiger partial charge >= 0.3 is 6.18 Å². The first kappa shape index (κ1) is 21.5. The maximum Gasteiger partial charge on any atom is 0.417 e. The molecule has 0 atom stereocenters. The van der Waals surface area contributed by atoms with Crippen LogP contribution in [0.25, 0.3) is 0 Å². The maximum absolute atomic E-state index is 12.9. The largest absolute Gasteiger partial charge is 0.417 e. The van der Waals surface area contributed by atoms with Gasteiger partial charge in [-0.15, -0.1) is 0 Å². The minimum absolute atomic E-state index is 0.152. The summed E-state index contributed by atoms with van der Waals surface area (Å²) in [5.74, 6) is -0.807. The smallest absolute Gasteiger partial charge is 0.324 e. The van der Waals surface area contributed by atoms with Crippen LogP contribution in [0.4, 0.5) is 24.5 Å². The molecule has 0 spiro atoms. The first-order valence-corrected chi connectivity index (χ1v) is 10.3. The molecule has 0 radical (unpaired) electrons. The second-order valence-corrected chi connectivity index (χ2v) is 8.72. The van der Waals surface area contributed by atoms with Crippen LogP contribution in [0.15, 0.2) is 46.9 Å². The molecule has 2 aromatic rings. The lowest BCUT2D eigenvalue weighted by Crippen LogP contribution is -2.37. The highest BCUT2D eigenvalue weighted by Gasteiger charge is 2.33.